The Morgan fingerprint density at radius 2 is 2.14 bits per heavy atom. The summed E-state index contributed by atoms with van der Waals surface area (Å²) in [6.07, 6.45) is 3.63. The van der Waals surface area contributed by atoms with Gasteiger partial charge in [0.2, 0.25) is 5.91 Å². The lowest BCUT2D eigenvalue weighted by molar-refractivity contribution is -0.126. The maximum atomic E-state index is 12.4. The van der Waals surface area contributed by atoms with E-state index in [1.807, 2.05) is 30.3 Å². The number of piperidine rings is 1. The van der Waals surface area contributed by atoms with Crippen LogP contribution in [0.1, 0.15) is 18.4 Å². The van der Waals surface area contributed by atoms with Gasteiger partial charge in [0, 0.05) is 37.6 Å². The smallest absolute Gasteiger partial charge is 0.410 e. The van der Waals surface area contributed by atoms with E-state index in [1.165, 1.54) is 12.4 Å². The molecule has 1 fully saturated rings. The zero-order valence-corrected chi connectivity index (χ0v) is 16.4. The Morgan fingerprint density at radius 1 is 1.39 bits per heavy atom. The number of benzene rings is 1. The minimum absolute atomic E-state index is 0.152. The highest BCUT2D eigenvalue weighted by Crippen LogP contribution is 2.18. The van der Waals surface area contributed by atoms with E-state index in [0.29, 0.717) is 25.1 Å². The number of amides is 2. The second-order valence-corrected chi connectivity index (χ2v) is 6.77. The summed E-state index contributed by atoms with van der Waals surface area (Å²) < 4.78 is 5.35. The quantitative estimate of drug-likeness (QED) is 0.683. The monoisotopic (exact) mass is 404 g/mol. The molecule has 3 N–H and O–H groups in total. The second kappa shape index (κ2) is 11.1. The van der Waals surface area contributed by atoms with Crippen LogP contribution in [0.5, 0.6) is 0 Å². The maximum Gasteiger partial charge on any atom is 0.410 e. The summed E-state index contributed by atoms with van der Waals surface area (Å²) in [6, 6.07) is 9.47. The van der Waals surface area contributed by atoms with Gasteiger partial charge in [-0.05, 0) is 18.4 Å². The molecule has 1 aromatic carbocycles. The van der Waals surface area contributed by atoms with Crippen LogP contribution in [0.3, 0.4) is 0 Å². The molecule has 1 heterocycles. The number of halogens is 1. The molecule has 0 saturated carbocycles. The van der Waals surface area contributed by atoms with Crippen molar-refractivity contribution in [1.82, 2.24) is 10.2 Å². The van der Waals surface area contributed by atoms with Crippen molar-refractivity contribution in [3.05, 3.63) is 60.4 Å². The molecule has 1 saturated heterocycles. The van der Waals surface area contributed by atoms with Crippen molar-refractivity contribution in [3.8, 4) is 0 Å². The molecule has 8 heteroatoms. The molecule has 28 heavy (non-hydrogen) atoms. The molecular weight excluding hydrogens is 380 g/mol. The summed E-state index contributed by atoms with van der Waals surface area (Å²) in [6.45, 7) is 5.07. The molecule has 0 radical (unpaired) electrons. The van der Waals surface area contributed by atoms with Crippen molar-refractivity contribution >= 4 is 28.8 Å². The Morgan fingerprint density at radius 3 is 2.86 bits per heavy atom. The van der Waals surface area contributed by atoms with E-state index < -0.39 is 6.09 Å². The standard InChI is InChI=1S/C20H25ClN4O3/c1-15(18(21)23-10-9-22)12-24-19(26)17-8-5-11-25(13-17)20(27)28-14-16-6-3-2-4-7-16/h2-4,6-7,9-10,17H,1,5,8,11-14,22H2,(H,24,26)/b10-9-,23-18+. The van der Waals surface area contributed by atoms with Crippen LogP contribution in [0.25, 0.3) is 0 Å². The van der Waals surface area contributed by atoms with Crippen molar-refractivity contribution in [2.75, 3.05) is 19.6 Å². The second-order valence-electron chi connectivity index (χ2n) is 6.41. The SMILES string of the molecule is C=C(CNC(=O)C1CCCN(C(=O)OCc2ccccc2)C1)/C(Cl)=N\C=C/N. The van der Waals surface area contributed by atoms with Gasteiger partial charge in [-0.25, -0.2) is 9.79 Å². The lowest BCUT2D eigenvalue weighted by Gasteiger charge is -2.31. The van der Waals surface area contributed by atoms with Crippen molar-refractivity contribution in [2.45, 2.75) is 19.4 Å². The fourth-order valence-corrected chi connectivity index (χ4v) is 2.90. The van der Waals surface area contributed by atoms with Gasteiger partial charge in [-0.2, -0.15) is 0 Å². The normalized spacial score (nSPS) is 17.4. The first kappa shape index (κ1) is 21.5. The van der Waals surface area contributed by atoms with Crippen molar-refractivity contribution in [3.63, 3.8) is 0 Å². The van der Waals surface area contributed by atoms with Crippen LogP contribution in [-0.2, 0) is 16.1 Å². The summed E-state index contributed by atoms with van der Waals surface area (Å²) in [4.78, 5) is 30.2. The van der Waals surface area contributed by atoms with Crippen LogP contribution in [0, 0.1) is 5.92 Å². The third-order valence-electron chi connectivity index (χ3n) is 4.30. The zero-order valence-electron chi connectivity index (χ0n) is 15.6. The number of ether oxygens (including phenoxy) is 1. The van der Waals surface area contributed by atoms with Crippen LogP contribution >= 0.6 is 11.6 Å². The summed E-state index contributed by atoms with van der Waals surface area (Å²) >= 11 is 5.95. The fraction of sp³-hybridized carbons (Fsp3) is 0.350. The number of hydrogen-bond donors (Lipinski definition) is 2. The molecule has 1 aliphatic rings. The Kier molecular flexibility index (Phi) is 8.55. The van der Waals surface area contributed by atoms with Gasteiger partial charge in [0.05, 0.1) is 5.92 Å². The van der Waals surface area contributed by atoms with Gasteiger partial charge in [0.25, 0.3) is 0 Å². The third-order valence-corrected chi connectivity index (χ3v) is 4.66. The highest BCUT2D eigenvalue weighted by Gasteiger charge is 2.29. The number of carbonyl (C=O) groups is 2. The van der Waals surface area contributed by atoms with E-state index in [0.717, 1.165) is 12.0 Å². The molecule has 0 aliphatic carbocycles. The molecular formula is C20H25ClN4O3. The van der Waals surface area contributed by atoms with Gasteiger partial charge in [-0.15, -0.1) is 0 Å². The molecule has 2 rings (SSSR count). The van der Waals surface area contributed by atoms with Crippen molar-refractivity contribution in [1.29, 1.82) is 0 Å². The predicted molar refractivity (Wildman–Crippen MR) is 110 cm³/mol. The summed E-state index contributed by atoms with van der Waals surface area (Å²) in [5, 5.41) is 2.97. The Hall–Kier alpha value is -2.80. The number of hydrogen-bond acceptors (Lipinski definition) is 5. The number of nitrogens with two attached hydrogens (primary N) is 1. The topological polar surface area (TPSA) is 97.0 Å². The van der Waals surface area contributed by atoms with Gasteiger partial charge in [-0.1, -0.05) is 48.5 Å². The largest absolute Gasteiger partial charge is 0.445 e. The maximum absolute atomic E-state index is 12.4. The number of aliphatic imine (C=N–C) groups is 1. The van der Waals surface area contributed by atoms with Gasteiger partial charge in [0.1, 0.15) is 11.8 Å². The predicted octanol–water partition coefficient (Wildman–Crippen LogP) is 2.77. The lowest BCUT2D eigenvalue weighted by atomic mass is 9.97. The first-order valence-electron chi connectivity index (χ1n) is 9.02. The Labute approximate surface area is 169 Å². The van der Waals surface area contributed by atoms with Crippen LogP contribution in [0.4, 0.5) is 4.79 Å². The number of nitrogens with zero attached hydrogens (tertiary/aromatic N) is 2. The molecule has 1 unspecified atom stereocenters. The van der Waals surface area contributed by atoms with Gasteiger partial charge >= 0.3 is 6.09 Å². The Bertz CT molecular complexity index is 749. The van der Waals surface area contributed by atoms with E-state index in [2.05, 4.69) is 16.9 Å². The minimum Gasteiger partial charge on any atom is -0.445 e. The molecule has 1 atom stereocenters. The minimum atomic E-state index is -0.408. The average Bonchev–Trinajstić information content (AvgIpc) is 2.74. The summed E-state index contributed by atoms with van der Waals surface area (Å²) in [5.41, 5.74) is 6.60. The molecule has 2 amide bonds. The number of rotatable bonds is 7. The van der Waals surface area contributed by atoms with Crippen LogP contribution in [0.15, 0.2) is 59.9 Å². The van der Waals surface area contributed by atoms with Gasteiger partial charge < -0.3 is 20.7 Å². The van der Waals surface area contributed by atoms with Crippen molar-refractivity contribution in [2.24, 2.45) is 16.6 Å². The first-order chi connectivity index (χ1) is 13.5. The Balaban J connectivity index is 1.80. The van der Waals surface area contributed by atoms with Crippen molar-refractivity contribution < 1.29 is 14.3 Å². The zero-order chi connectivity index (χ0) is 20.4. The lowest BCUT2D eigenvalue weighted by Crippen LogP contribution is -2.46. The average molecular weight is 405 g/mol. The van der Waals surface area contributed by atoms with Crippen LogP contribution in [0.2, 0.25) is 0 Å². The third kappa shape index (κ3) is 6.74. The first-order valence-corrected chi connectivity index (χ1v) is 9.40. The van der Waals surface area contributed by atoms with E-state index in [1.54, 1.807) is 4.90 Å². The highest BCUT2D eigenvalue weighted by molar-refractivity contribution is 6.69. The summed E-state index contributed by atoms with van der Waals surface area (Å²) in [7, 11) is 0. The molecule has 7 nitrogen and oxygen atoms in total. The number of carbonyl (C=O) groups excluding carboxylic acids is 2. The highest BCUT2D eigenvalue weighted by atomic mass is 35.5. The molecule has 0 bridgehead atoms. The van der Waals surface area contributed by atoms with E-state index in [9.17, 15) is 9.59 Å². The molecule has 1 aromatic rings. The van der Waals surface area contributed by atoms with Gasteiger partial charge in [0.15, 0.2) is 0 Å². The van der Waals surface area contributed by atoms with Gasteiger partial charge in [-0.3, -0.25) is 4.79 Å². The number of likely N-dealkylation sites (tertiary alicyclic amines) is 1. The van der Waals surface area contributed by atoms with E-state index in [-0.39, 0.29) is 30.1 Å². The molecule has 0 spiro atoms. The number of nitrogens with one attached hydrogen (secondary N) is 1. The van der Waals surface area contributed by atoms with E-state index >= 15 is 0 Å². The fourth-order valence-electron chi connectivity index (χ4n) is 2.78. The van der Waals surface area contributed by atoms with Crippen LogP contribution < -0.4 is 11.1 Å². The van der Waals surface area contributed by atoms with Crippen LogP contribution in [-0.4, -0.2) is 41.7 Å². The molecule has 150 valence electrons. The van der Waals surface area contributed by atoms with E-state index in [4.69, 9.17) is 22.1 Å². The molecule has 1 aliphatic heterocycles. The summed E-state index contributed by atoms with van der Waals surface area (Å²) in [5.74, 6) is -0.453. The molecule has 0 aromatic heterocycles.